The summed E-state index contributed by atoms with van der Waals surface area (Å²) in [7, 11) is 1.81. The van der Waals surface area contributed by atoms with Crippen molar-refractivity contribution in [2.45, 2.75) is 13.3 Å². The van der Waals surface area contributed by atoms with E-state index in [9.17, 15) is 4.79 Å². The number of carbonyl (C=O) groups is 1. The number of ketones is 1. The number of Topliss-reactive ketones (excluding diaryl/α,β-unsaturated/α-hetero) is 1. The van der Waals surface area contributed by atoms with Crippen molar-refractivity contribution in [3.05, 3.63) is 17.5 Å². The Morgan fingerprint density at radius 1 is 1.75 bits per heavy atom. The molecule has 1 rings (SSSR count). The lowest BCUT2D eigenvalue weighted by atomic mass is 10.2. The summed E-state index contributed by atoms with van der Waals surface area (Å²) < 4.78 is 1.68. The van der Waals surface area contributed by atoms with Crippen molar-refractivity contribution < 1.29 is 4.79 Å². The molecule has 4 nitrogen and oxygen atoms in total. The fourth-order valence-corrected chi connectivity index (χ4v) is 0.956. The van der Waals surface area contributed by atoms with Crippen molar-refractivity contribution >= 4 is 5.78 Å². The Kier molecular flexibility index (Phi) is 2.60. The third-order valence-electron chi connectivity index (χ3n) is 1.77. The summed E-state index contributed by atoms with van der Waals surface area (Å²) in [6.45, 7) is 2.29. The molecular weight excluding hydrogens is 154 g/mol. The molecule has 0 amide bonds. The summed E-state index contributed by atoms with van der Waals surface area (Å²) in [5, 5.41) is 4.04. The van der Waals surface area contributed by atoms with Crippen LogP contribution in [-0.2, 0) is 7.05 Å². The molecule has 66 valence electrons. The van der Waals surface area contributed by atoms with Gasteiger partial charge in [-0.05, 0) is 19.5 Å². The van der Waals surface area contributed by atoms with Gasteiger partial charge in [0.05, 0.1) is 0 Å². The number of aryl methyl sites for hydroxylation is 2. The Morgan fingerprint density at radius 2 is 2.42 bits per heavy atom. The van der Waals surface area contributed by atoms with Crippen LogP contribution in [0.15, 0.2) is 6.07 Å². The van der Waals surface area contributed by atoms with E-state index in [0.29, 0.717) is 18.7 Å². The molecule has 4 heteroatoms. The molecule has 1 aromatic heterocycles. The first-order chi connectivity index (χ1) is 5.65. The Balaban J connectivity index is 2.82. The van der Waals surface area contributed by atoms with Gasteiger partial charge in [-0.3, -0.25) is 9.48 Å². The molecule has 0 aliphatic rings. The summed E-state index contributed by atoms with van der Waals surface area (Å²) in [5.41, 5.74) is 6.75. The molecule has 0 bridgehead atoms. The third kappa shape index (κ3) is 1.71. The van der Waals surface area contributed by atoms with Crippen LogP contribution in [0, 0.1) is 6.92 Å². The van der Waals surface area contributed by atoms with Gasteiger partial charge in [0.2, 0.25) is 0 Å². The van der Waals surface area contributed by atoms with E-state index in [2.05, 4.69) is 5.10 Å². The van der Waals surface area contributed by atoms with Gasteiger partial charge in [0, 0.05) is 19.2 Å². The van der Waals surface area contributed by atoms with E-state index in [-0.39, 0.29) is 5.78 Å². The monoisotopic (exact) mass is 167 g/mol. The van der Waals surface area contributed by atoms with Crippen LogP contribution >= 0.6 is 0 Å². The zero-order valence-electron chi connectivity index (χ0n) is 7.37. The third-order valence-corrected chi connectivity index (χ3v) is 1.77. The van der Waals surface area contributed by atoms with Crippen LogP contribution in [0.25, 0.3) is 0 Å². The summed E-state index contributed by atoms with van der Waals surface area (Å²) in [4.78, 5) is 11.3. The number of hydrogen-bond donors (Lipinski definition) is 1. The van der Waals surface area contributed by atoms with Crippen LogP contribution in [0.5, 0.6) is 0 Å². The Labute approximate surface area is 71.4 Å². The minimum absolute atomic E-state index is 0.0150. The number of hydrogen-bond acceptors (Lipinski definition) is 3. The molecule has 1 heterocycles. The van der Waals surface area contributed by atoms with Gasteiger partial charge < -0.3 is 5.73 Å². The predicted octanol–water partition coefficient (Wildman–Crippen LogP) is 0.260. The van der Waals surface area contributed by atoms with Gasteiger partial charge >= 0.3 is 0 Å². The molecule has 1 aromatic rings. The quantitative estimate of drug-likeness (QED) is 0.657. The van der Waals surface area contributed by atoms with Crippen LogP contribution < -0.4 is 5.73 Å². The lowest BCUT2D eigenvalue weighted by Gasteiger charge is -1.91. The fourth-order valence-electron chi connectivity index (χ4n) is 0.956. The molecule has 0 unspecified atom stereocenters. The first-order valence-corrected chi connectivity index (χ1v) is 3.89. The highest BCUT2D eigenvalue weighted by Gasteiger charge is 2.08. The summed E-state index contributed by atoms with van der Waals surface area (Å²) >= 11 is 0. The topological polar surface area (TPSA) is 60.9 Å². The summed E-state index contributed by atoms with van der Waals surface area (Å²) in [6.07, 6.45) is 0.371. The van der Waals surface area contributed by atoms with Gasteiger partial charge in [-0.1, -0.05) is 0 Å². The standard InChI is InChI=1S/C8H13N3O/c1-6-5-7(10-11(6)2)8(12)3-4-9/h5H,3-4,9H2,1-2H3. The van der Waals surface area contributed by atoms with E-state index in [0.717, 1.165) is 5.69 Å². The van der Waals surface area contributed by atoms with E-state index in [1.165, 1.54) is 0 Å². The Bertz CT molecular complexity index is 271. The molecule has 0 spiro atoms. The zero-order valence-corrected chi connectivity index (χ0v) is 7.37. The van der Waals surface area contributed by atoms with Crippen LogP contribution in [0.2, 0.25) is 0 Å². The Morgan fingerprint density at radius 3 is 2.83 bits per heavy atom. The molecule has 12 heavy (non-hydrogen) atoms. The number of nitrogens with zero attached hydrogens (tertiary/aromatic N) is 2. The van der Waals surface area contributed by atoms with Crippen LogP contribution in [0.4, 0.5) is 0 Å². The highest BCUT2D eigenvalue weighted by atomic mass is 16.1. The normalized spacial score (nSPS) is 10.2. The molecule has 0 saturated carbocycles. The first kappa shape index (κ1) is 8.93. The molecular formula is C8H13N3O. The van der Waals surface area contributed by atoms with Crippen molar-refractivity contribution in [2.24, 2.45) is 12.8 Å². The van der Waals surface area contributed by atoms with Gasteiger partial charge in [0.25, 0.3) is 0 Å². The number of aromatic nitrogens is 2. The average Bonchev–Trinajstić information content (AvgIpc) is 2.33. The maximum Gasteiger partial charge on any atom is 0.184 e. The first-order valence-electron chi connectivity index (χ1n) is 3.89. The minimum Gasteiger partial charge on any atom is -0.330 e. The number of carbonyl (C=O) groups excluding carboxylic acids is 1. The second-order valence-electron chi connectivity index (χ2n) is 2.76. The second-order valence-corrected chi connectivity index (χ2v) is 2.76. The van der Waals surface area contributed by atoms with E-state index < -0.39 is 0 Å². The summed E-state index contributed by atoms with van der Waals surface area (Å²) in [6, 6.07) is 1.78. The highest BCUT2D eigenvalue weighted by molar-refractivity contribution is 5.94. The van der Waals surface area contributed by atoms with E-state index in [4.69, 9.17) is 5.73 Å². The van der Waals surface area contributed by atoms with Crippen LogP contribution in [0.3, 0.4) is 0 Å². The molecule has 0 saturated heterocycles. The van der Waals surface area contributed by atoms with E-state index in [1.54, 1.807) is 10.7 Å². The van der Waals surface area contributed by atoms with Crippen molar-refractivity contribution in [3.8, 4) is 0 Å². The Hall–Kier alpha value is -1.16. The van der Waals surface area contributed by atoms with Crippen molar-refractivity contribution in [1.82, 2.24) is 9.78 Å². The zero-order chi connectivity index (χ0) is 9.14. The number of nitrogens with two attached hydrogens (primary N) is 1. The van der Waals surface area contributed by atoms with Crippen LogP contribution in [0.1, 0.15) is 22.6 Å². The lowest BCUT2D eigenvalue weighted by Crippen LogP contribution is -2.08. The largest absolute Gasteiger partial charge is 0.330 e. The van der Waals surface area contributed by atoms with Gasteiger partial charge in [-0.2, -0.15) is 5.10 Å². The summed E-state index contributed by atoms with van der Waals surface area (Å²) in [5.74, 6) is 0.0150. The second kappa shape index (κ2) is 3.49. The molecule has 0 atom stereocenters. The van der Waals surface area contributed by atoms with Crippen molar-refractivity contribution in [3.63, 3.8) is 0 Å². The molecule has 0 aliphatic carbocycles. The number of rotatable bonds is 3. The predicted molar refractivity (Wildman–Crippen MR) is 45.9 cm³/mol. The fraction of sp³-hybridized carbons (Fsp3) is 0.500. The minimum atomic E-state index is 0.0150. The lowest BCUT2D eigenvalue weighted by molar-refractivity contribution is 0.0980. The maximum atomic E-state index is 11.3. The van der Waals surface area contributed by atoms with Gasteiger partial charge in [0.1, 0.15) is 5.69 Å². The van der Waals surface area contributed by atoms with Crippen LogP contribution in [-0.4, -0.2) is 22.1 Å². The molecule has 0 radical (unpaired) electrons. The highest BCUT2D eigenvalue weighted by Crippen LogP contribution is 2.03. The molecule has 2 N–H and O–H groups in total. The molecule has 0 fully saturated rings. The van der Waals surface area contributed by atoms with E-state index >= 15 is 0 Å². The van der Waals surface area contributed by atoms with Crippen molar-refractivity contribution in [1.29, 1.82) is 0 Å². The van der Waals surface area contributed by atoms with E-state index in [1.807, 2.05) is 14.0 Å². The molecule has 0 aliphatic heterocycles. The van der Waals surface area contributed by atoms with Gasteiger partial charge in [-0.15, -0.1) is 0 Å². The van der Waals surface area contributed by atoms with Gasteiger partial charge in [-0.25, -0.2) is 0 Å². The SMILES string of the molecule is Cc1cc(C(=O)CCN)nn1C. The molecule has 0 aromatic carbocycles. The van der Waals surface area contributed by atoms with Crippen molar-refractivity contribution in [2.75, 3.05) is 6.54 Å². The van der Waals surface area contributed by atoms with Gasteiger partial charge in [0.15, 0.2) is 5.78 Å². The average molecular weight is 167 g/mol. The maximum absolute atomic E-state index is 11.3. The smallest absolute Gasteiger partial charge is 0.184 e.